The van der Waals surface area contributed by atoms with Crippen LogP contribution in [-0.2, 0) is 46.7 Å². The van der Waals surface area contributed by atoms with E-state index in [1.165, 1.54) is 9.27 Å². The molecule has 109 heavy (non-hydrogen) atoms. The first-order valence-electron chi connectivity index (χ1n) is 36.8. The van der Waals surface area contributed by atoms with Gasteiger partial charge in [-0.2, -0.15) is 4.57 Å². The highest BCUT2D eigenvalue weighted by Gasteiger charge is 2.43. The molecule has 5 aliphatic heterocycles. The smallest absolute Gasteiger partial charge is 0.386 e. The van der Waals surface area contributed by atoms with E-state index in [1.54, 1.807) is 54.6 Å². The SMILES string of the molecule is Cn1c2ccncc2c2c1oc1[n+]2Cc2ncccc2-1.[2H]C([2H])([2H])n1c2ccncc2c2c1n(-c1ccccc1)c1[n+]2Cc2ncccc2-1.c1ccc(-n2c3ccncc3c3c2oc2[n+]3Cc3ncccc3-2)cc1.c1cnc2c(c1)-c1oc3oc4ccncc4c3[n+]1C2.c1cnc2c(c1)-c1oc3sc4ccncc4c3[n+]1C2. The predicted molar refractivity (Wildman–Crippen MR) is 405 cm³/mol. The highest BCUT2D eigenvalue weighted by molar-refractivity contribution is 7.25. The van der Waals surface area contributed by atoms with Gasteiger partial charge >= 0.3 is 34.9 Å². The number of imidazole rings is 1. The van der Waals surface area contributed by atoms with Crippen molar-refractivity contribution < 1.29 is 49.0 Å². The summed E-state index contributed by atoms with van der Waals surface area (Å²) in [5, 5.41) is 5.16. The molecule has 0 saturated carbocycles. The van der Waals surface area contributed by atoms with Crippen molar-refractivity contribution in [1.29, 1.82) is 0 Å². The Labute approximate surface area is 622 Å². The van der Waals surface area contributed by atoms with Crippen molar-refractivity contribution in [3.8, 4) is 68.6 Å². The van der Waals surface area contributed by atoms with Gasteiger partial charge in [0.15, 0.2) is 26.2 Å². The number of nitrogens with zero attached hydrogens (tertiary/aromatic N) is 19. The highest BCUT2D eigenvalue weighted by atomic mass is 32.1. The number of thiophene rings is 1. The molecule has 0 fully saturated rings. The quantitative estimate of drug-likeness (QED) is 0.146. The van der Waals surface area contributed by atoms with Crippen LogP contribution in [0.4, 0.5) is 0 Å². The lowest BCUT2D eigenvalue weighted by Gasteiger charge is -2.03. The number of aryl methyl sites for hydroxylation is 2. The summed E-state index contributed by atoms with van der Waals surface area (Å²) in [4.78, 5) is 44.5. The summed E-state index contributed by atoms with van der Waals surface area (Å²) < 4.78 is 74.6. The first kappa shape index (κ1) is 57.8. The van der Waals surface area contributed by atoms with Gasteiger partial charge in [-0.1, -0.05) is 47.7 Å². The van der Waals surface area contributed by atoms with E-state index in [-0.39, 0.29) is 0 Å². The molecule has 0 unspecified atom stereocenters. The zero-order valence-electron chi connectivity index (χ0n) is 60.6. The van der Waals surface area contributed by atoms with Crippen molar-refractivity contribution in [1.82, 2.24) is 68.1 Å². The third-order valence-electron chi connectivity index (χ3n) is 21.2. The minimum absolute atomic E-state index is 0.549. The molecule has 22 aromatic rings. The lowest BCUT2D eigenvalue weighted by atomic mass is 10.2. The molecular formula is C84H56N19O5S+5. The summed E-state index contributed by atoms with van der Waals surface area (Å²) in [6, 6.07) is 49.8. The fourth-order valence-electron chi connectivity index (χ4n) is 16.5. The number of aromatic nitrogens is 19. The van der Waals surface area contributed by atoms with Crippen LogP contribution in [0, 0.1) is 0 Å². The maximum Gasteiger partial charge on any atom is 0.386 e. The van der Waals surface area contributed by atoms with Gasteiger partial charge in [-0.25, -0.2) is 4.57 Å². The average molecular weight is 1450 g/mol. The molecule has 2 aromatic carbocycles. The topological polar surface area (TPSA) is 234 Å². The minimum atomic E-state index is -2.34. The molecule has 24 nitrogen and oxygen atoms in total. The van der Waals surface area contributed by atoms with E-state index in [4.69, 9.17) is 26.2 Å². The van der Waals surface area contributed by atoms with Gasteiger partial charge in [0, 0.05) is 128 Å². The van der Waals surface area contributed by atoms with Gasteiger partial charge in [0.1, 0.15) is 68.2 Å². The van der Waals surface area contributed by atoms with E-state index < -0.39 is 6.98 Å². The monoisotopic (exact) mass is 1450 g/mol. The highest BCUT2D eigenvalue weighted by Crippen LogP contribution is 2.42. The number of pyridine rings is 10. The molecule has 0 spiro atoms. The third kappa shape index (κ3) is 8.94. The summed E-state index contributed by atoms with van der Waals surface area (Å²) in [7, 11) is 2.02. The fraction of sp³-hybridized carbons (Fsp3) is 0.0833. The molecule has 0 aliphatic carbocycles. The van der Waals surface area contributed by atoms with Crippen LogP contribution in [0.5, 0.6) is 0 Å². The molecule has 518 valence electrons. The molecule has 27 rings (SSSR count). The molecule has 0 atom stereocenters. The second-order valence-electron chi connectivity index (χ2n) is 27.0. The largest absolute Gasteiger partial charge is 0.420 e. The van der Waals surface area contributed by atoms with Gasteiger partial charge in [-0.15, -0.1) is 18.3 Å². The summed E-state index contributed by atoms with van der Waals surface area (Å²) in [5.74, 6) is 4.96. The summed E-state index contributed by atoms with van der Waals surface area (Å²) in [5.41, 5.74) is 23.6. The maximum absolute atomic E-state index is 8.25. The Morgan fingerprint density at radius 2 is 0.798 bits per heavy atom. The molecule has 20 aromatic heterocycles. The van der Waals surface area contributed by atoms with E-state index in [9.17, 15) is 0 Å². The van der Waals surface area contributed by atoms with Gasteiger partial charge in [-0.05, 0) is 109 Å². The van der Waals surface area contributed by atoms with Crippen LogP contribution in [0.1, 0.15) is 32.6 Å². The molecule has 0 bridgehead atoms. The standard InChI is InChI=1S/C21H16N5.C20H13N4O.C15H11N4O.C14H8N3O2.C14H8N3OS/c1-24-18-9-11-22-12-16(18)19-21(24)26(14-6-3-2-4-7-14)20-15-8-5-10-23-17(15)13-25(19)20;1-2-5-13(6-3-1)24-17-8-10-21-11-15(17)18-20(24)25-19-14-7-4-9-22-16(14)12-23(18)19;1-18-12-4-6-16-7-10(12)13-15(18)20-14-9-3-2-5-17-11(9)8-19(13)14;1-2-8-10(16-4-1)7-17-12-9-6-15-5-3-11(9)18-14(12)19-13(8)17;1-2-8-10(16-4-1)7-17-12-9-6-15-5-3-11(9)19-14(12)18-13(8)17/h2-12H,13H2,1H3;1-11H,12H2;2-7H,8H2,1H3;2*1-6H,7H2/q5*+1/i1D3;;;;. The molecule has 0 N–H and O–H groups in total. The molecule has 25 heteroatoms. The van der Waals surface area contributed by atoms with E-state index in [2.05, 4.69) is 112 Å². The van der Waals surface area contributed by atoms with Crippen LogP contribution >= 0.6 is 11.3 Å². The summed E-state index contributed by atoms with van der Waals surface area (Å²) in [6.07, 6.45) is 27.2. The van der Waals surface area contributed by atoms with E-state index in [1.807, 2.05) is 183 Å². The van der Waals surface area contributed by atoms with Crippen LogP contribution < -0.4 is 22.8 Å². The van der Waals surface area contributed by atoms with Crippen LogP contribution in [0.2, 0.25) is 0 Å². The lowest BCUT2D eigenvalue weighted by molar-refractivity contribution is -0.649. The van der Waals surface area contributed by atoms with Crippen molar-refractivity contribution >= 4 is 120 Å². The van der Waals surface area contributed by atoms with Crippen LogP contribution in [-0.4, -0.2) is 68.1 Å². The van der Waals surface area contributed by atoms with Gasteiger partial charge in [0.25, 0.3) is 44.3 Å². The van der Waals surface area contributed by atoms with Crippen molar-refractivity contribution in [2.24, 2.45) is 14.0 Å². The number of para-hydroxylation sites is 2. The predicted octanol–water partition coefficient (Wildman–Crippen LogP) is 13.8. The fourth-order valence-corrected chi connectivity index (χ4v) is 17.5. The minimum Gasteiger partial charge on any atom is -0.420 e. The van der Waals surface area contributed by atoms with Crippen molar-refractivity contribution in [3.63, 3.8) is 0 Å². The Balaban J connectivity index is 0.0000000843. The van der Waals surface area contributed by atoms with E-state index >= 15 is 0 Å². The Morgan fingerprint density at radius 3 is 1.39 bits per heavy atom. The van der Waals surface area contributed by atoms with Gasteiger partial charge in [0.05, 0.1) is 49.4 Å². The van der Waals surface area contributed by atoms with Gasteiger partial charge < -0.3 is 31.2 Å². The molecule has 25 heterocycles. The Hall–Kier alpha value is -14.6. The molecular weight excluding hydrogens is 1390 g/mol. The Kier molecular flexibility index (Phi) is 12.4. The number of hydrogen-bond acceptors (Lipinski definition) is 16. The number of hydrogen-bond donors (Lipinski definition) is 0. The van der Waals surface area contributed by atoms with Crippen LogP contribution in [0.3, 0.4) is 0 Å². The Morgan fingerprint density at radius 1 is 0.358 bits per heavy atom. The molecule has 5 aliphatic rings. The van der Waals surface area contributed by atoms with Crippen LogP contribution in [0.25, 0.3) is 178 Å². The second kappa shape index (κ2) is 23.5. The van der Waals surface area contributed by atoms with Crippen molar-refractivity contribution in [2.45, 2.75) is 32.7 Å². The average Bonchev–Trinajstić information content (AvgIpc) is 1.52. The van der Waals surface area contributed by atoms with E-state index in [0.29, 0.717) is 30.0 Å². The van der Waals surface area contributed by atoms with Gasteiger partial charge in [-0.3, -0.25) is 54.4 Å². The molecule has 0 radical (unpaired) electrons. The number of oxazole rings is 4. The molecule has 0 saturated heterocycles. The number of benzene rings is 2. The molecule has 0 amide bonds. The van der Waals surface area contributed by atoms with E-state index in [0.717, 1.165) is 204 Å². The normalized spacial score (nSPS) is 13.4. The summed E-state index contributed by atoms with van der Waals surface area (Å²) in [6.45, 7) is 1.23. The third-order valence-corrected chi connectivity index (χ3v) is 22.2. The Bertz CT molecular complexity index is 7520. The zero-order chi connectivity index (χ0) is 74.2. The number of fused-ring (bicyclic) bond motifs is 35. The number of rotatable bonds is 2. The van der Waals surface area contributed by atoms with Crippen molar-refractivity contribution in [3.05, 3.63) is 273 Å². The zero-order valence-corrected chi connectivity index (χ0v) is 58.4. The number of furan rings is 1. The summed E-state index contributed by atoms with van der Waals surface area (Å²) >= 11 is 1.67. The van der Waals surface area contributed by atoms with Gasteiger partial charge in [0.2, 0.25) is 5.52 Å². The maximum atomic E-state index is 8.25. The first-order valence-corrected chi connectivity index (χ1v) is 36.2. The second-order valence-corrected chi connectivity index (χ2v) is 28.0. The van der Waals surface area contributed by atoms with Crippen LogP contribution in [0.15, 0.2) is 267 Å². The van der Waals surface area contributed by atoms with Crippen molar-refractivity contribution in [2.75, 3.05) is 0 Å². The lowest BCUT2D eigenvalue weighted by Crippen LogP contribution is -2.31. The first-order chi connectivity index (χ1) is 55.1.